The molecule has 0 N–H and O–H groups in total. The molecule has 0 aliphatic carbocycles. The highest BCUT2D eigenvalue weighted by Gasteiger charge is 2.17. The smallest absolute Gasteiger partial charge is 0.182 e. The highest BCUT2D eigenvalue weighted by molar-refractivity contribution is 7.90. The molecule has 0 aromatic heterocycles. The SMILES string of the molecule is COc1ccccc1CS(=O)(=O)c1ccc(C)cc1. The number of hydrogen-bond acceptors (Lipinski definition) is 3. The third kappa shape index (κ3) is 3.15. The second-order valence-corrected chi connectivity index (χ2v) is 6.37. The van der Waals surface area contributed by atoms with Crippen LogP contribution in [0.1, 0.15) is 11.1 Å². The van der Waals surface area contributed by atoms with E-state index in [4.69, 9.17) is 4.74 Å². The van der Waals surface area contributed by atoms with Crippen molar-refractivity contribution in [2.24, 2.45) is 0 Å². The van der Waals surface area contributed by atoms with Crippen molar-refractivity contribution in [3.05, 3.63) is 59.7 Å². The lowest BCUT2D eigenvalue weighted by Crippen LogP contribution is -2.06. The molecule has 0 fully saturated rings. The molecular weight excluding hydrogens is 260 g/mol. The summed E-state index contributed by atoms with van der Waals surface area (Å²) in [5, 5.41) is 0. The van der Waals surface area contributed by atoms with Crippen molar-refractivity contribution in [3.63, 3.8) is 0 Å². The van der Waals surface area contributed by atoms with Crippen LogP contribution >= 0.6 is 0 Å². The maximum atomic E-state index is 12.3. The van der Waals surface area contributed by atoms with Crippen LogP contribution in [0.2, 0.25) is 0 Å². The Kier molecular flexibility index (Phi) is 3.90. The molecule has 0 heterocycles. The van der Waals surface area contributed by atoms with Gasteiger partial charge in [-0.2, -0.15) is 0 Å². The molecule has 4 heteroatoms. The maximum absolute atomic E-state index is 12.3. The van der Waals surface area contributed by atoms with Crippen LogP contribution < -0.4 is 4.74 Å². The fourth-order valence-electron chi connectivity index (χ4n) is 1.86. The predicted molar refractivity (Wildman–Crippen MR) is 75.1 cm³/mol. The summed E-state index contributed by atoms with van der Waals surface area (Å²) in [7, 11) is -1.80. The number of sulfone groups is 1. The van der Waals surface area contributed by atoms with Crippen LogP contribution in [0.3, 0.4) is 0 Å². The molecule has 3 nitrogen and oxygen atoms in total. The lowest BCUT2D eigenvalue weighted by Gasteiger charge is -2.09. The number of rotatable bonds is 4. The topological polar surface area (TPSA) is 43.4 Å². The van der Waals surface area contributed by atoms with Crippen molar-refractivity contribution in [2.75, 3.05) is 7.11 Å². The van der Waals surface area contributed by atoms with E-state index < -0.39 is 9.84 Å². The molecule has 0 saturated carbocycles. The molecule has 0 amide bonds. The van der Waals surface area contributed by atoms with Gasteiger partial charge >= 0.3 is 0 Å². The van der Waals surface area contributed by atoms with Gasteiger partial charge in [-0.15, -0.1) is 0 Å². The quantitative estimate of drug-likeness (QED) is 0.862. The predicted octanol–water partition coefficient (Wildman–Crippen LogP) is 2.98. The molecule has 0 atom stereocenters. The summed E-state index contributed by atoms with van der Waals surface area (Å²) in [5.74, 6) is 0.540. The molecule has 0 radical (unpaired) electrons. The molecule has 19 heavy (non-hydrogen) atoms. The zero-order valence-electron chi connectivity index (χ0n) is 11.0. The molecule has 2 aromatic carbocycles. The fraction of sp³-hybridized carbons (Fsp3) is 0.200. The van der Waals surface area contributed by atoms with Gasteiger partial charge in [0.2, 0.25) is 0 Å². The van der Waals surface area contributed by atoms with Crippen molar-refractivity contribution in [2.45, 2.75) is 17.6 Å². The third-order valence-electron chi connectivity index (χ3n) is 2.92. The summed E-state index contributed by atoms with van der Waals surface area (Å²) in [5.41, 5.74) is 1.71. The number of ether oxygens (including phenoxy) is 1. The monoisotopic (exact) mass is 276 g/mol. The maximum Gasteiger partial charge on any atom is 0.182 e. The van der Waals surface area contributed by atoms with Crippen LogP contribution in [0.25, 0.3) is 0 Å². The number of para-hydroxylation sites is 1. The standard InChI is InChI=1S/C15H16O3S/c1-12-7-9-14(10-8-12)19(16,17)11-13-5-3-4-6-15(13)18-2/h3-10H,11H2,1-2H3. The van der Waals surface area contributed by atoms with Gasteiger partial charge in [0.25, 0.3) is 0 Å². The zero-order valence-corrected chi connectivity index (χ0v) is 11.8. The molecule has 0 spiro atoms. The van der Waals surface area contributed by atoms with Gasteiger partial charge in [0, 0.05) is 5.56 Å². The highest BCUT2D eigenvalue weighted by atomic mass is 32.2. The Hall–Kier alpha value is -1.81. The lowest BCUT2D eigenvalue weighted by molar-refractivity contribution is 0.411. The lowest BCUT2D eigenvalue weighted by atomic mass is 10.2. The van der Waals surface area contributed by atoms with Gasteiger partial charge in [-0.05, 0) is 25.1 Å². The first-order valence-electron chi connectivity index (χ1n) is 5.94. The van der Waals surface area contributed by atoms with Crippen molar-refractivity contribution >= 4 is 9.84 Å². The minimum Gasteiger partial charge on any atom is -0.496 e. The van der Waals surface area contributed by atoms with Crippen molar-refractivity contribution in [1.82, 2.24) is 0 Å². The summed E-state index contributed by atoms with van der Waals surface area (Å²) < 4.78 is 29.8. The van der Waals surface area contributed by atoms with E-state index in [2.05, 4.69) is 0 Å². The van der Waals surface area contributed by atoms with E-state index >= 15 is 0 Å². The molecule has 0 saturated heterocycles. The normalized spacial score (nSPS) is 11.3. The molecule has 100 valence electrons. The Morgan fingerprint density at radius 1 is 1.00 bits per heavy atom. The number of hydrogen-bond donors (Lipinski definition) is 0. The molecule has 0 aliphatic heterocycles. The molecule has 0 unspecified atom stereocenters. The van der Waals surface area contributed by atoms with Crippen molar-refractivity contribution in [3.8, 4) is 5.75 Å². The average Bonchev–Trinajstić information content (AvgIpc) is 2.39. The first-order chi connectivity index (χ1) is 9.03. The van der Waals surface area contributed by atoms with Gasteiger partial charge in [0.15, 0.2) is 9.84 Å². The van der Waals surface area contributed by atoms with E-state index in [1.54, 1.807) is 36.4 Å². The Balaban J connectivity index is 2.34. The molecule has 2 aromatic rings. The molecule has 0 aliphatic rings. The van der Waals surface area contributed by atoms with Crippen LogP contribution in [-0.4, -0.2) is 15.5 Å². The second kappa shape index (κ2) is 5.45. The second-order valence-electron chi connectivity index (χ2n) is 4.38. The van der Waals surface area contributed by atoms with Gasteiger partial charge < -0.3 is 4.74 Å². The number of benzene rings is 2. The van der Waals surface area contributed by atoms with E-state index in [-0.39, 0.29) is 5.75 Å². The minimum atomic E-state index is -3.34. The van der Waals surface area contributed by atoms with E-state index in [0.717, 1.165) is 5.56 Å². The van der Waals surface area contributed by atoms with Crippen LogP contribution in [-0.2, 0) is 15.6 Å². The summed E-state index contributed by atoms with van der Waals surface area (Å²) in [6.07, 6.45) is 0. The van der Waals surface area contributed by atoms with Gasteiger partial charge in [-0.3, -0.25) is 0 Å². The van der Waals surface area contributed by atoms with Crippen LogP contribution in [0.5, 0.6) is 5.75 Å². The van der Waals surface area contributed by atoms with Crippen LogP contribution in [0.4, 0.5) is 0 Å². The van der Waals surface area contributed by atoms with Gasteiger partial charge in [0.05, 0.1) is 17.8 Å². The molecular formula is C15H16O3S. The average molecular weight is 276 g/mol. The van der Waals surface area contributed by atoms with Crippen LogP contribution in [0.15, 0.2) is 53.4 Å². The first kappa shape index (κ1) is 13.6. The molecule has 0 bridgehead atoms. The Morgan fingerprint density at radius 3 is 2.26 bits per heavy atom. The van der Waals surface area contributed by atoms with Gasteiger partial charge in [-0.1, -0.05) is 35.9 Å². The van der Waals surface area contributed by atoms with E-state index in [0.29, 0.717) is 16.2 Å². The fourth-order valence-corrected chi connectivity index (χ4v) is 3.22. The molecule has 2 rings (SSSR count). The van der Waals surface area contributed by atoms with E-state index in [9.17, 15) is 8.42 Å². The minimum absolute atomic E-state index is 0.0555. The van der Waals surface area contributed by atoms with E-state index in [1.165, 1.54) is 7.11 Å². The number of aryl methyl sites for hydroxylation is 1. The summed E-state index contributed by atoms with van der Waals surface area (Å²) >= 11 is 0. The third-order valence-corrected chi connectivity index (χ3v) is 4.60. The Bertz CT molecular complexity index is 658. The Morgan fingerprint density at radius 2 is 1.63 bits per heavy atom. The summed E-state index contributed by atoms with van der Waals surface area (Å²) in [6, 6.07) is 14.0. The summed E-state index contributed by atoms with van der Waals surface area (Å²) in [6.45, 7) is 1.93. The summed E-state index contributed by atoms with van der Waals surface area (Å²) in [4.78, 5) is 0.337. The van der Waals surface area contributed by atoms with Gasteiger partial charge in [0.1, 0.15) is 5.75 Å². The van der Waals surface area contributed by atoms with Gasteiger partial charge in [-0.25, -0.2) is 8.42 Å². The van der Waals surface area contributed by atoms with Crippen molar-refractivity contribution in [1.29, 1.82) is 0 Å². The van der Waals surface area contributed by atoms with Crippen molar-refractivity contribution < 1.29 is 13.2 Å². The number of methoxy groups -OCH3 is 1. The van der Waals surface area contributed by atoms with Crippen LogP contribution in [0, 0.1) is 6.92 Å². The highest BCUT2D eigenvalue weighted by Crippen LogP contribution is 2.23. The Labute approximate surface area is 113 Å². The van der Waals surface area contributed by atoms with E-state index in [1.807, 2.05) is 19.1 Å². The largest absolute Gasteiger partial charge is 0.496 e. The first-order valence-corrected chi connectivity index (χ1v) is 7.59. The zero-order chi connectivity index (χ0) is 13.9.